The van der Waals surface area contributed by atoms with E-state index in [9.17, 15) is 5.11 Å². The minimum atomic E-state index is -0.256. The molecule has 19 heavy (non-hydrogen) atoms. The Morgan fingerprint density at radius 3 is 2.95 bits per heavy atom. The quantitative estimate of drug-likeness (QED) is 0.576. The summed E-state index contributed by atoms with van der Waals surface area (Å²) in [6.45, 7) is -0.00800. The van der Waals surface area contributed by atoms with Crippen LogP contribution < -0.4 is 10.6 Å². The number of ether oxygens (including phenoxy) is 1. The summed E-state index contributed by atoms with van der Waals surface area (Å²) in [6.07, 6.45) is 6.37. The maximum atomic E-state index is 9.20. The van der Waals surface area contributed by atoms with Crippen LogP contribution in [0.4, 0.5) is 11.5 Å². The number of rotatable bonds is 4. The highest BCUT2D eigenvalue weighted by atomic mass is 35.5. The van der Waals surface area contributed by atoms with Crippen LogP contribution in [0.15, 0.2) is 18.5 Å². The number of hydrogen-bond donors (Lipinski definition) is 3. The molecule has 0 saturated heterocycles. The molecule has 0 aromatic carbocycles. The van der Waals surface area contributed by atoms with Gasteiger partial charge in [0.25, 0.3) is 0 Å². The topological polar surface area (TPSA) is 79.3 Å². The van der Waals surface area contributed by atoms with Crippen molar-refractivity contribution in [3.05, 3.63) is 23.6 Å². The first-order chi connectivity index (χ1) is 9.24. The number of aliphatic hydroxyl groups excluding tert-OH is 1. The van der Waals surface area contributed by atoms with Gasteiger partial charge >= 0.3 is 0 Å². The lowest BCUT2D eigenvalue weighted by Gasteiger charge is -2.22. The lowest BCUT2D eigenvalue weighted by Crippen LogP contribution is -2.29. The molecule has 6 nitrogen and oxygen atoms in total. The number of nitrogens with one attached hydrogen (secondary N) is 2. The minimum Gasteiger partial charge on any atom is -0.394 e. The molecule has 1 aromatic rings. The number of aromatic nitrogens is 2. The average molecular weight is 285 g/mol. The Balaban J connectivity index is 2.12. The van der Waals surface area contributed by atoms with E-state index in [1.54, 1.807) is 7.05 Å². The smallest absolute Gasteiger partial charge is 0.157 e. The van der Waals surface area contributed by atoms with Crippen LogP contribution in [0.1, 0.15) is 12.8 Å². The van der Waals surface area contributed by atoms with Crippen LogP contribution in [0.5, 0.6) is 0 Å². The average Bonchev–Trinajstić information content (AvgIpc) is 2.64. The predicted molar refractivity (Wildman–Crippen MR) is 74.3 cm³/mol. The van der Waals surface area contributed by atoms with E-state index in [0.717, 1.165) is 0 Å². The monoisotopic (exact) mass is 284 g/mol. The zero-order valence-corrected chi connectivity index (χ0v) is 11.4. The largest absolute Gasteiger partial charge is 0.394 e. The standard InChI is InChI=1S/C12H17ClN4O2/c1-14-10-11(13)15-7-16-12(10)17-9-5-3-2-4-8(6-18)19-9/h2-3,7-9,14,18H,4-6H2,1H3,(H,15,16,17)/t8-,9+/m0/s1. The van der Waals surface area contributed by atoms with Crippen LogP contribution in [0.2, 0.25) is 5.15 Å². The molecule has 0 unspecified atom stereocenters. The number of hydrogen-bond acceptors (Lipinski definition) is 6. The molecule has 2 rings (SSSR count). The molecule has 0 saturated carbocycles. The highest BCUT2D eigenvalue weighted by Gasteiger charge is 2.19. The number of halogens is 1. The van der Waals surface area contributed by atoms with E-state index in [2.05, 4.69) is 20.6 Å². The second kappa shape index (κ2) is 6.70. The molecule has 3 N–H and O–H groups in total. The first-order valence-electron chi connectivity index (χ1n) is 6.10. The third-order valence-electron chi connectivity index (χ3n) is 2.82. The zero-order valence-electron chi connectivity index (χ0n) is 10.6. The molecule has 2 heterocycles. The summed E-state index contributed by atoms with van der Waals surface area (Å²) in [4.78, 5) is 8.06. The highest BCUT2D eigenvalue weighted by molar-refractivity contribution is 6.32. The summed E-state index contributed by atoms with van der Waals surface area (Å²) in [7, 11) is 1.75. The van der Waals surface area contributed by atoms with Gasteiger partial charge in [0.15, 0.2) is 11.0 Å². The Kier molecular flexibility index (Phi) is 4.95. The summed E-state index contributed by atoms with van der Waals surface area (Å²) in [6, 6.07) is 0. The SMILES string of the molecule is CNc1c(Cl)ncnc1N[C@H]1CC=CC[C@@H](CO)O1. The summed E-state index contributed by atoms with van der Waals surface area (Å²) in [5, 5.41) is 15.7. The van der Waals surface area contributed by atoms with Crippen molar-refractivity contribution in [2.75, 3.05) is 24.3 Å². The maximum absolute atomic E-state index is 9.20. The van der Waals surface area contributed by atoms with Gasteiger partial charge in [-0.15, -0.1) is 0 Å². The van der Waals surface area contributed by atoms with Crippen LogP contribution in [0.3, 0.4) is 0 Å². The van der Waals surface area contributed by atoms with Gasteiger partial charge in [-0.1, -0.05) is 23.8 Å². The lowest BCUT2D eigenvalue weighted by molar-refractivity contribution is -0.0201. The zero-order chi connectivity index (χ0) is 13.7. The van der Waals surface area contributed by atoms with Crippen molar-refractivity contribution < 1.29 is 9.84 Å². The van der Waals surface area contributed by atoms with Crippen molar-refractivity contribution >= 4 is 23.1 Å². The number of aliphatic hydroxyl groups is 1. The lowest BCUT2D eigenvalue weighted by atomic mass is 10.2. The molecule has 1 aromatic heterocycles. The number of anilines is 2. The van der Waals surface area contributed by atoms with Crippen LogP contribution in [0, 0.1) is 0 Å². The molecular weight excluding hydrogens is 268 g/mol. The van der Waals surface area contributed by atoms with Crippen molar-refractivity contribution in [2.45, 2.75) is 25.2 Å². The fraction of sp³-hybridized carbons (Fsp3) is 0.500. The van der Waals surface area contributed by atoms with E-state index in [0.29, 0.717) is 29.5 Å². The van der Waals surface area contributed by atoms with Crippen LogP contribution in [0.25, 0.3) is 0 Å². The van der Waals surface area contributed by atoms with Gasteiger partial charge in [0.2, 0.25) is 0 Å². The first-order valence-corrected chi connectivity index (χ1v) is 6.48. The molecule has 0 bridgehead atoms. The molecule has 7 heteroatoms. The Morgan fingerprint density at radius 2 is 2.21 bits per heavy atom. The maximum Gasteiger partial charge on any atom is 0.157 e. The molecule has 0 radical (unpaired) electrons. The van der Waals surface area contributed by atoms with Gasteiger partial charge in [0.1, 0.15) is 18.2 Å². The van der Waals surface area contributed by atoms with Gasteiger partial charge in [0.05, 0.1) is 12.7 Å². The van der Waals surface area contributed by atoms with Gasteiger partial charge in [-0.25, -0.2) is 9.97 Å². The van der Waals surface area contributed by atoms with Gasteiger partial charge in [-0.2, -0.15) is 0 Å². The molecule has 1 aliphatic rings. The second-order valence-electron chi connectivity index (χ2n) is 4.15. The van der Waals surface area contributed by atoms with Crippen LogP contribution in [-0.4, -0.2) is 41.1 Å². The van der Waals surface area contributed by atoms with Crippen LogP contribution >= 0.6 is 11.6 Å². The fourth-order valence-corrected chi connectivity index (χ4v) is 2.10. The van der Waals surface area contributed by atoms with Crippen molar-refractivity contribution in [2.24, 2.45) is 0 Å². The van der Waals surface area contributed by atoms with E-state index < -0.39 is 0 Å². The van der Waals surface area contributed by atoms with E-state index in [-0.39, 0.29) is 18.9 Å². The van der Waals surface area contributed by atoms with E-state index >= 15 is 0 Å². The van der Waals surface area contributed by atoms with Crippen molar-refractivity contribution in [1.29, 1.82) is 0 Å². The van der Waals surface area contributed by atoms with Crippen molar-refractivity contribution in [1.82, 2.24) is 9.97 Å². The second-order valence-corrected chi connectivity index (χ2v) is 4.51. The Morgan fingerprint density at radius 1 is 1.42 bits per heavy atom. The first kappa shape index (κ1) is 14.0. The predicted octanol–water partition coefficient (Wildman–Crippen LogP) is 1.64. The van der Waals surface area contributed by atoms with E-state index in [1.165, 1.54) is 6.33 Å². The van der Waals surface area contributed by atoms with E-state index in [4.69, 9.17) is 16.3 Å². The van der Waals surface area contributed by atoms with Crippen molar-refractivity contribution in [3.63, 3.8) is 0 Å². The summed E-state index contributed by atoms with van der Waals surface area (Å²) < 4.78 is 5.75. The fourth-order valence-electron chi connectivity index (χ4n) is 1.87. The summed E-state index contributed by atoms with van der Waals surface area (Å²) >= 11 is 5.99. The third-order valence-corrected chi connectivity index (χ3v) is 3.11. The highest BCUT2D eigenvalue weighted by Crippen LogP contribution is 2.27. The normalized spacial score (nSPS) is 22.9. The Labute approximate surface area is 116 Å². The molecule has 2 atom stereocenters. The molecule has 1 aliphatic heterocycles. The minimum absolute atomic E-state index is 0.00800. The number of nitrogens with zero attached hydrogens (tertiary/aromatic N) is 2. The molecule has 0 aliphatic carbocycles. The molecule has 0 fully saturated rings. The molecule has 104 valence electrons. The summed E-state index contributed by atoms with van der Waals surface area (Å²) in [5.74, 6) is 0.583. The Hall–Kier alpha value is -1.37. The summed E-state index contributed by atoms with van der Waals surface area (Å²) in [5.41, 5.74) is 0.626. The van der Waals surface area contributed by atoms with Crippen LogP contribution in [-0.2, 0) is 4.74 Å². The van der Waals surface area contributed by atoms with Gasteiger partial charge in [0, 0.05) is 13.5 Å². The van der Waals surface area contributed by atoms with Gasteiger partial charge in [-0.05, 0) is 6.42 Å². The molecular formula is C12H17ClN4O2. The van der Waals surface area contributed by atoms with E-state index in [1.807, 2.05) is 12.2 Å². The third kappa shape index (κ3) is 3.56. The molecule has 0 spiro atoms. The molecule has 0 amide bonds. The van der Waals surface area contributed by atoms with Crippen molar-refractivity contribution in [3.8, 4) is 0 Å². The van der Waals surface area contributed by atoms with Gasteiger partial charge < -0.3 is 20.5 Å². The van der Waals surface area contributed by atoms with Gasteiger partial charge in [-0.3, -0.25) is 0 Å². The Bertz CT molecular complexity index is 455.